The summed E-state index contributed by atoms with van der Waals surface area (Å²) in [6.45, 7) is 0.390. The molecule has 9 heteroatoms. The van der Waals surface area contributed by atoms with E-state index < -0.39 is 11.9 Å². The van der Waals surface area contributed by atoms with Gasteiger partial charge >= 0.3 is 5.97 Å². The Morgan fingerprint density at radius 1 is 0.974 bits per heavy atom. The number of carbonyl (C=O) groups excluding carboxylic acids is 2. The molecule has 0 radical (unpaired) electrons. The average Bonchev–Trinajstić information content (AvgIpc) is 2.87. The molecule has 0 saturated heterocycles. The number of allylic oxidation sites excluding steroid dienone is 4. The van der Waals surface area contributed by atoms with E-state index in [4.69, 9.17) is 4.74 Å². The number of rotatable bonds is 7. The molecule has 0 saturated carbocycles. The molecule has 2 aromatic rings. The fourth-order valence-electron chi connectivity index (χ4n) is 5.69. The predicted octanol–water partition coefficient (Wildman–Crippen LogP) is 6.82. The summed E-state index contributed by atoms with van der Waals surface area (Å²) in [5.41, 5.74) is 4.23. The van der Waals surface area contributed by atoms with Crippen LogP contribution in [0.25, 0.3) is 0 Å². The van der Waals surface area contributed by atoms with E-state index in [0.717, 1.165) is 21.4 Å². The largest absolute Gasteiger partial charge is 0.487 e. The zero-order chi connectivity index (χ0) is 27.0. The lowest BCUT2D eigenvalue weighted by atomic mass is 9.70. The lowest BCUT2D eigenvalue weighted by Crippen LogP contribution is -2.40. The SMILES string of the molecule is O=C(O)CCN1C2=C(C(=O)CCC2)C(c2cc(Br)cc(Br)c2OCc2ccc(F)cc2)C2=C1CCCC2=O. The number of hydrogen-bond donors (Lipinski definition) is 1. The number of carboxylic acid groups (broad SMARTS) is 1. The standard InChI is InChI=1S/C29H26Br2FNO5/c30-17-13-19(29(20(31)14-17)38-15-16-7-9-18(32)10-8-16)26-27-21(3-1-5-23(27)34)33(12-11-25(36)37)22-4-2-6-24(35)28(22)26/h7-10,13-14,26H,1-6,11-12,15H2,(H,36,37). The molecule has 3 aliphatic rings. The number of ether oxygens (including phenoxy) is 1. The maximum atomic E-state index is 13.5. The summed E-state index contributed by atoms with van der Waals surface area (Å²) < 4.78 is 21.1. The second-order valence-corrected chi connectivity index (χ2v) is 11.5. The van der Waals surface area contributed by atoms with Crippen LogP contribution >= 0.6 is 31.9 Å². The zero-order valence-corrected chi connectivity index (χ0v) is 23.7. The Morgan fingerprint density at radius 2 is 1.58 bits per heavy atom. The van der Waals surface area contributed by atoms with Gasteiger partial charge in [0.05, 0.1) is 10.9 Å². The Hall–Kier alpha value is -2.78. The number of halogens is 3. The fourth-order valence-corrected chi connectivity index (χ4v) is 7.06. The van der Waals surface area contributed by atoms with Crippen LogP contribution < -0.4 is 4.74 Å². The summed E-state index contributed by atoms with van der Waals surface area (Å²) in [7, 11) is 0. The second kappa shape index (κ2) is 11.1. The van der Waals surface area contributed by atoms with Crippen molar-refractivity contribution in [1.82, 2.24) is 4.90 Å². The molecule has 0 spiro atoms. The van der Waals surface area contributed by atoms with Crippen LogP contribution in [0.3, 0.4) is 0 Å². The van der Waals surface area contributed by atoms with Crippen molar-refractivity contribution >= 4 is 49.4 Å². The van der Waals surface area contributed by atoms with E-state index in [1.165, 1.54) is 12.1 Å². The highest BCUT2D eigenvalue weighted by molar-refractivity contribution is 9.11. The van der Waals surface area contributed by atoms with Gasteiger partial charge in [0.25, 0.3) is 0 Å². The van der Waals surface area contributed by atoms with Crippen LogP contribution in [-0.4, -0.2) is 34.1 Å². The van der Waals surface area contributed by atoms with Crippen LogP contribution in [0.2, 0.25) is 0 Å². The topological polar surface area (TPSA) is 83.9 Å². The van der Waals surface area contributed by atoms with Gasteiger partial charge in [0.15, 0.2) is 11.6 Å². The van der Waals surface area contributed by atoms with Crippen LogP contribution in [0.15, 0.2) is 67.9 Å². The number of nitrogens with zero attached hydrogens (tertiary/aromatic N) is 1. The Bertz CT molecular complexity index is 1340. The highest BCUT2D eigenvalue weighted by Crippen LogP contribution is 2.52. The molecular formula is C29H26Br2FNO5. The monoisotopic (exact) mass is 645 g/mol. The van der Waals surface area contributed by atoms with Gasteiger partial charge in [0, 0.05) is 57.9 Å². The quantitative estimate of drug-likeness (QED) is 0.356. The molecule has 0 unspecified atom stereocenters. The average molecular weight is 647 g/mol. The first-order valence-corrected chi connectivity index (χ1v) is 14.2. The number of ketones is 2. The normalized spacial score (nSPS) is 18.0. The van der Waals surface area contributed by atoms with Crippen molar-refractivity contribution in [3.8, 4) is 5.75 Å². The molecule has 0 atom stereocenters. The lowest BCUT2D eigenvalue weighted by molar-refractivity contribution is -0.137. The first-order valence-electron chi connectivity index (χ1n) is 12.6. The first-order chi connectivity index (χ1) is 18.2. The van der Waals surface area contributed by atoms with Gasteiger partial charge in [-0.05, 0) is 71.4 Å². The van der Waals surface area contributed by atoms with Gasteiger partial charge in [-0.15, -0.1) is 0 Å². The molecule has 1 heterocycles. The molecule has 198 valence electrons. The van der Waals surface area contributed by atoms with Gasteiger partial charge in [0.1, 0.15) is 18.2 Å². The summed E-state index contributed by atoms with van der Waals surface area (Å²) in [5, 5.41) is 9.40. The van der Waals surface area contributed by atoms with Crippen LogP contribution in [0, 0.1) is 5.82 Å². The minimum atomic E-state index is -0.923. The second-order valence-electron chi connectivity index (χ2n) is 9.72. The highest BCUT2D eigenvalue weighted by atomic mass is 79.9. The number of aliphatic carboxylic acids is 1. The molecule has 0 fully saturated rings. The molecule has 1 N–H and O–H groups in total. The molecule has 6 nitrogen and oxygen atoms in total. The summed E-state index contributed by atoms with van der Waals surface area (Å²) >= 11 is 7.19. The number of carboxylic acids is 1. The lowest BCUT2D eigenvalue weighted by Gasteiger charge is -2.44. The van der Waals surface area contributed by atoms with Crippen LogP contribution in [0.1, 0.15) is 62.0 Å². The summed E-state index contributed by atoms with van der Waals surface area (Å²) in [6, 6.07) is 9.79. The van der Waals surface area contributed by atoms with E-state index in [1.807, 2.05) is 17.0 Å². The van der Waals surface area contributed by atoms with Gasteiger partial charge < -0.3 is 14.7 Å². The van der Waals surface area contributed by atoms with Crippen molar-refractivity contribution in [2.24, 2.45) is 0 Å². The van der Waals surface area contributed by atoms with Crippen molar-refractivity contribution in [3.05, 3.63) is 84.8 Å². The fraction of sp³-hybridized carbons (Fsp3) is 0.345. The summed E-state index contributed by atoms with van der Waals surface area (Å²) in [5.74, 6) is -1.41. The number of hydrogen-bond acceptors (Lipinski definition) is 5. The molecule has 5 rings (SSSR count). The maximum absolute atomic E-state index is 13.5. The van der Waals surface area contributed by atoms with Gasteiger partial charge in [-0.3, -0.25) is 14.4 Å². The van der Waals surface area contributed by atoms with Crippen LogP contribution in [-0.2, 0) is 21.0 Å². The van der Waals surface area contributed by atoms with Crippen molar-refractivity contribution < 1.29 is 28.6 Å². The van der Waals surface area contributed by atoms with Gasteiger partial charge in [0.2, 0.25) is 0 Å². The Balaban J connectivity index is 1.66. The zero-order valence-electron chi connectivity index (χ0n) is 20.6. The molecule has 2 aliphatic carbocycles. The molecule has 1 aliphatic heterocycles. The van der Waals surface area contributed by atoms with Crippen molar-refractivity contribution in [1.29, 1.82) is 0 Å². The molecule has 38 heavy (non-hydrogen) atoms. The third-order valence-corrected chi connectivity index (χ3v) is 8.33. The number of carbonyl (C=O) groups is 3. The van der Waals surface area contributed by atoms with E-state index in [-0.39, 0.29) is 37.0 Å². The smallest absolute Gasteiger partial charge is 0.305 e. The maximum Gasteiger partial charge on any atom is 0.305 e. The molecular weight excluding hydrogens is 621 g/mol. The predicted molar refractivity (Wildman–Crippen MR) is 146 cm³/mol. The summed E-state index contributed by atoms with van der Waals surface area (Å²) in [4.78, 5) is 40.5. The third kappa shape index (κ3) is 5.23. The minimum Gasteiger partial charge on any atom is -0.487 e. The Morgan fingerprint density at radius 3 is 2.16 bits per heavy atom. The molecule has 0 amide bonds. The minimum absolute atomic E-state index is 0.0259. The van der Waals surface area contributed by atoms with Crippen LogP contribution in [0.4, 0.5) is 4.39 Å². The third-order valence-electron chi connectivity index (χ3n) is 7.28. The summed E-state index contributed by atoms with van der Waals surface area (Å²) in [6.07, 6.45) is 3.31. The van der Waals surface area contributed by atoms with Crippen molar-refractivity contribution in [2.75, 3.05) is 6.54 Å². The molecule has 2 aromatic carbocycles. The van der Waals surface area contributed by atoms with Crippen molar-refractivity contribution in [2.45, 2.75) is 57.5 Å². The Labute approximate surface area is 236 Å². The van der Waals surface area contributed by atoms with E-state index >= 15 is 0 Å². The number of Topliss-reactive ketones (excluding diaryl/α,β-unsaturated/α-hetero) is 2. The van der Waals surface area contributed by atoms with E-state index in [2.05, 4.69) is 31.9 Å². The van der Waals surface area contributed by atoms with E-state index in [1.54, 1.807) is 12.1 Å². The molecule has 0 aromatic heterocycles. The highest BCUT2D eigenvalue weighted by Gasteiger charge is 2.44. The van der Waals surface area contributed by atoms with Crippen molar-refractivity contribution in [3.63, 3.8) is 0 Å². The number of benzene rings is 2. The first kappa shape index (κ1) is 26.8. The van der Waals surface area contributed by atoms with Gasteiger partial charge in [-0.1, -0.05) is 28.1 Å². The Kier molecular flexibility index (Phi) is 7.86. The van der Waals surface area contributed by atoms with E-state index in [0.29, 0.717) is 65.5 Å². The van der Waals surface area contributed by atoms with Gasteiger partial charge in [-0.25, -0.2) is 4.39 Å². The van der Waals surface area contributed by atoms with Gasteiger partial charge in [-0.2, -0.15) is 0 Å². The molecule has 0 bridgehead atoms. The van der Waals surface area contributed by atoms with E-state index in [9.17, 15) is 23.9 Å². The van der Waals surface area contributed by atoms with Crippen LogP contribution in [0.5, 0.6) is 5.75 Å².